The second kappa shape index (κ2) is 9.60. The van der Waals surface area contributed by atoms with E-state index in [1.807, 2.05) is 4.90 Å². The average Bonchev–Trinajstić information content (AvgIpc) is 3.57. The predicted octanol–water partition coefficient (Wildman–Crippen LogP) is 2.55. The molecule has 1 unspecified atom stereocenters. The second-order valence-corrected chi connectivity index (χ2v) is 11.3. The molecule has 1 saturated carbocycles. The molecule has 9 nitrogen and oxygen atoms in total. The molecule has 0 spiro atoms. The molecule has 0 bridgehead atoms. The first-order valence-electron chi connectivity index (χ1n) is 12.1. The van der Waals surface area contributed by atoms with Crippen molar-refractivity contribution in [3.05, 3.63) is 24.4 Å². The van der Waals surface area contributed by atoms with E-state index in [-0.39, 0.29) is 23.5 Å². The fourth-order valence-electron chi connectivity index (χ4n) is 5.50. The van der Waals surface area contributed by atoms with Crippen molar-refractivity contribution in [1.29, 1.82) is 0 Å². The van der Waals surface area contributed by atoms with Gasteiger partial charge in [-0.1, -0.05) is 19.3 Å². The minimum atomic E-state index is -3.80. The van der Waals surface area contributed by atoms with Crippen molar-refractivity contribution < 1.29 is 17.6 Å². The maximum atomic E-state index is 13.3. The Morgan fingerprint density at radius 1 is 0.970 bits per heavy atom. The maximum Gasteiger partial charge on any atom is 0.276 e. The van der Waals surface area contributed by atoms with Gasteiger partial charge in [-0.25, -0.2) is 8.42 Å². The number of piperidine rings is 1. The summed E-state index contributed by atoms with van der Waals surface area (Å²) >= 11 is 0. The first kappa shape index (κ1) is 22.6. The first-order valence-corrected chi connectivity index (χ1v) is 13.6. The lowest BCUT2D eigenvalue weighted by molar-refractivity contribution is -0.138. The van der Waals surface area contributed by atoms with E-state index in [2.05, 4.69) is 15.1 Å². The van der Waals surface area contributed by atoms with Crippen LogP contribution in [0.3, 0.4) is 0 Å². The van der Waals surface area contributed by atoms with Gasteiger partial charge in [-0.15, -0.1) is 0 Å². The van der Waals surface area contributed by atoms with Gasteiger partial charge in [0.15, 0.2) is 5.76 Å². The molecule has 4 heterocycles. The highest BCUT2D eigenvalue weighted by Gasteiger charge is 2.37. The summed E-state index contributed by atoms with van der Waals surface area (Å²) in [4.78, 5) is 17.8. The standard InChI is InChI=1S/C23H33N5O4S/c29-23(27-15-13-26(14-16-27)19-6-2-1-3-7-19)18-5-4-12-28(17-18)33(30,31)22-9-8-21(32-22)20-10-11-24-25-20/h8-11,18-19H,1-7,12-17H2,(H,24,25). The van der Waals surface area contributed by atoms with Crippen LogP contribution in [0, 0.1) is 5.92 Å². The van der Waals surface area contributed by atoms with Crippen LogP contribution >= 0.6 is 0 Å². The number of nitrogens with one attached hydrogen (secondary N) is 1. The van der Waals surface area contributed by atoms with Gasteiger partial charge in [0.1, 0.15) is 5.69 Å². The van der Waals surface area contributed by atoms with Crippen LogP contribution in [-0.2, 0) is 14.8 Å². The Morgan fingerprint density at radius 3 is 2.48 bits per heavy atom. The molecule has 1 amide bonds. The van der Waals surface area contributed by atoms with Crippen molar-refractivity contribution in [1.82, 2.24) is 24.3 Å². The number of aromatic amines is 1. The Balaban J connectivity index is 1.20. The number of hydrogen-bond acceptors (Lipinski definition) is 6. The van der Waals surface area contributed by atoms with Gasteiger partial charge in [0.05, 0.1) is 5.92 Å². The van der Waals surface area contributed by atoms with Gasteiger partial charge in [0.25, 0.3) is 10.0 Å². The molecule has 0 aromatic carbocycles. The summed E-state index contributed by atoms with van der Waals surface area (Å²) in [6.45, 7) is 3.95. The number of amides is 1. The summed E-state index contributed by atoms with van der Waals surface area (Å²) in [5.41, 5.74) is 0.621. The Bertz CT molecular complexity index is 1040. The Hall–Kier alpha value is -2.17. The molecule has 1 N–H and O–H groups in total. The maximum absolute atomic E-state index is 13.3. The van der Waals surface area contributed by atoms with E-state index in [4.69, 9.17) is 4.42 Å². The number of piperazine rings is 1. The van der Waals surface area contributed by atoms with Crippen molar-refractivity contribution in [3.8, 4) is 11.5 Å². The van der Waals surface area contributed by atoms with E-state index in [1.165, 1.54) is 42.5 Å². The number of H-pyrrole nitrogens is 1. The van der Waals surface area contributed by atoms with Crippen LogP contribution in [0.5, 0.6) is 0 Å². The summed E-state index contributed by atoms with van der Waals surface area (Å²) < 4.78 is 33.5. The van der Waals surface area contributed by atoms with Crippen LogP contribution in [0.4, 0.5) is 0 Å². The van der Waals surface area contributed by atoms with Gasteiger partial charge >= 0.3 is 0 Å². The molecule has 2 aliphatic heterocycles. The van der Waals surface area contributed by atoms with Crippen LogP contribution < -0.4 is 0 Å². The van der Waals surface area contributed by atoms with E-state index in [1.54, 1.807) is 18.3 Å². The largest absolute Gasteiger partial charge is 0.442 e. The number of carbonyl (C=O) groups excluding carboxylic acids is 1. The van der Waals surface area contributed by atoms with Gasteiger partial charge in [0, 0.05) is 51.5 Å². The minimum Gasteiger partial charge on any atom is -0.442 e. The third kappa shape index (κ3) is 4.74. The average molecular weight is 476 g/mol. The Kier molecular flexibility index (Phi) is 6.58. The Morgan fingerprint density at radius 2 is 1.76 bits per heavy atom. The van der Waals surface area contributed by atoms with Gasteiger partial charge in [-0.05, 0) is 43.9 Å². The zero-order valence-corrected chi connectivity index (χ0v) is 19.8. The lowest BCUT2D eigenvalue weighted by Crippen LogP contribution is -2.55. The molecule has 0 radical (unpaired) electrons. The van der Waals surface area contributed by atoms with Crippen LogP contribution in [0.1, 0.15) is 44.9 Å². The molecule has 2 aromatic rings. The topological polar surface area (TPSA) is 103 Å². The second-order valence-electron chi connectivity index (χ2n) is 9.44. The van der Waals surface area contributed by atoms with Crippen molar-refractivity contribution >= 4 is 15.9 Å². The third-order valence-corrected chi connectivity index (χ3v) is 9.13. The van der Waals surface area contributed by atoms with E-state index in [0.717, 1.165) is 32.6 Å². The molecule has 1 aliphatic carbocycles. The fourth-order valence-corrected chi connectivity index (χ4v) is 6.93. The molecule has 180 valence electrons. The van der Waals surface area contributed by atoms with Crippen molar-refractivity contribution in [3.63, 3.8) is 0 Å². The van der Waals surface area contributed by atoms with Gasteiger partial charge in [0.2, 0.25) is 11.0 Å². The van der Waals surface area contributed by atoms with E-state index >= 15 is 0 Å². The highest BCUT2D eigenvalue weighted by molar-refractivity contribution is 7.89. The molecule has 2 aromatic heterocycles. The summed E-state index contributed by atoms with van der Waals surface area (Å²) in [6.07, 6.45) is 9.51. The smallest absolute Gasteiger partial charge is 0.276 e. The first-order chi connectivity index (χ1) is 16.0. The SMILES string of the molecule is O=C(C1CCCN(S(=O)(=O)c2ccc(-c3ccn[nH]3)o2)C1)N1CCN(C2CCCCC2)CC1. The molecule has 3 fully saturated rings. The number of sulfonamides is 1. The molecular formula is C23H33N5O4S. The molecule has 3 aliphatic rings. The number of hydrogen-bond donors (Lipinski definition) is 1. The number of nitrogens with zero attached hydrogens (tertiary/aromatic N) is 4. The van der Waals surface area contributed by atoms with E-state index in [0.29, 0.717) is 30.5 Å². The van der Waals surface area contributed by atoms with Crippen LogP contribution in [-0.4, -0.2) is 83.9 Å². The van der Waals surface area contributed by atoms with Crippen molar-refractivity contribution in [2.24, 2.45) is 5.92 Å². The number of rotatable bonds is 5. The molecule has 2 saturated heterocycles. The summed E-state index contributed by atoms with van der Waals surface area (Å²) in [5.74, 6) is 0.221. The molecule has 1 atom stereocenters. The van der Waals surface area contributed by atoms with Gasteiger partial charge in [-0.2, -0.15) is 9.40 Å². The summed E-state index contributed by atoms with van der Waals surface area (Å²) in [5, 5.41) is 6.55. The number of furan rings is 1. The quantitative estimate of drug-likeness (QED) is 0.713. The fraction of sp³-hybridized carbons (Fsp3) is 0.652. The lowest BCUT2D eigenvalue weighted by atomic mass is 9.93. The van der Waals surface area contributed by atoms with Crippen LogP contribution in [0.15, 0.2) is 33.9 Å². The Labute approximate surface area is 195 Å². The highest BCUT2D eigenvalue weighted by Crippen LogP contribution is 2.29. The molecular weight excluding hydrogens is 442 g/mol. The van der Waals surface area contributed by atoms with Crippen molar-refractivity contribution in [2.75, 3.05) is 39.3 Å². The highest BCUT2D eigenvalue weighted by atomic mass is 32.2. The van der Waals surface area contributed by atoms with E-state index in [9.17, 15) is 13.2 Å². The summed E-state index contributed by atoms with van der Waals surface area (Å²) in [7, 11) is -3.80. The van der Waals surface area contributed by atoms with Gasteiger partial charge < -0.3 is 9.32 Å². The molecule has 33 heavy (non-hydrogen) atoms. The minimum absolute atomic E-state index is 0.0933. The van der Waals surface area contributed by atoms with Crippen LogP contribution in [0.2, 0.25) is 0 Å². The van der Waals surface area contributed by atoms with Crippen molar-refractivity contribution in [2.45, 2.75) is 56.1 Å². The zero-order chi connectivity index (χ0) is 22.8. The molecule has 5 rings (SSSR count). The summed E-state index contributed by atoms with van der Waals surface area (Å²) in [6, 6.07) is 5.49. The van der Waals surface area contributed by atoms with Crippen LogP contribution in [0.25, 0.3) is 11.5 Å². The number of carbonyl (C=O) groups is 1. The number of aromatic nitrogens is 2. The van der Waals surface area contributed by atoms with Gasteiger partial charge in [-0.3, -0.25) is 14.8 Å². The van der Waals surface area contributed by atoms with E-state index < -0.39 is 10.0 Å². The predicted molar refractivity (Wildman–Crippen MR) is 123 cm³/mol. The monoisotopic (exact) mass is 475 g/mol. The zero-order valence-electron chi connectivity index (χ0n) is 19.0. The third-order valence-electron chi connectivity index (χ3n) is 7.39. The lowest BCUT2D eigenvalue weighted by Gasteiger charge is -2.42. The molecule has 10 heteroatoms. The normalized spacial score (nSPS) is 24.2.